The van der Waals surface area contributed by atoms with Gasteiger partial charge in [0.25, 0.3) is 0 Å². The SMILES string of the molecule is C.N#CC(N)c1ccco1.N#Cc1nc(Br)cc(Br)c1O.O=Cc1ccco1.OO. The van der Waals surface area contributed by atoms with Gasteiger partial charge in [0.15, 0.2) is 29.5 Å². The zero-order valence-electron chi connectivity index (χ0n) is 14.4. The van der Waals surface area contributed by atoms with Crippen LogP contribution in [-0.4, -0.2) is 26.9 Å². The van der Waals surface area contributed by atoms with Crippen LogP contribution in [-0.2, 0) is 0 Å². The van der Waals surface area contributed by atoms with Crippen LogP contribution in [0.1, 0.15) is 35.5 Å². The molecule has 0 amide bonds. The molecule has 5 N–H and O–H groups in total. The van der Waals surface area contributed by atoms with Gasteiger partial charge in [-0.25, -0.2) is 4.98 Å². The highest BCUT2D eigenvalue weighted by atomic mass is 79.9. The summed E-state index contributed by atoms with van der Waals surface area (Å²) in [6, 6.07) is 11.2. The van der Waals surface area contributed by atoms with Gasteiger partial charge >= 0.3 is 0 Å². The van der Waals surface area contributed by atoms with E-state index in [9.17, 15) is 4.79 Å². The van der Waals surface area contributed by atoms with Crippen LogP contribution < -0.4 is 5.73 Å². The van der Waals surface area contributed by atoms with Crippen LogP contribution in [0.5, 0.6) is 5.75 Å². The Hall–Kier alpha value is -3.00. The van der Waals surface area contributed by atoms with Gasteiger partial charge in [-0.05, 0) is 62.2 Å². The van der Waals surface area contributed by atoms with Crippen LogP contribution in [0.4, 0.5) is 0 Å². The molecule has 0 aromatic carbocycles. The average molecular weight is 546 g/mol. The zero-order valence-corrected chi connectivity index (χ0v) is 17.6. The number of hydrogen-bond acceptors (Lipinski definition) is 10. The molecule has 1 atom stereocenters. The first-order chi connectivity index (χ1) is 13.9. The minimum atomic E-state index is -0.625. The van der Waals surface area contributed by atoms with Crippen molar-refractivity contribution < 1.29 is 29.2 Å². The fourth-order valence-corrected chi connectivity index (χ4v) is 2.56. The first kappa shape index (κ1) is 29.2. The molecule has 3 rings (SSSR count). The van der Waals surface area contributed by atoms with Crippen molar-refractivity contribution in [2.75, 3.05) is 0 Å². The average Bonchev–Trinajstić information content (AvgIpc) is 3.46. The van der Waals surface area contributed by atoms with Crippen LogP contribution in [0.2, 0.25) is 0 Å². The second-order valence-corrected chi connectivity index (χ2v) is 6.16. The third kappa shape index (κ3) is 10.5. The maximum Gasteiger partial charge on any atom is 0.185 e. The number of hydrogen-bond donors (Lipinski definition) is 4. The number of furan rings is 2. The molecule has 0 fully saturated rings. The molecule has 0 aliphatic heterocycles. The fourth-order valence-electron chi connectivity index (χ4n) is 1.45. The van der Waals surface area contributed by atoms with Gasteiger partial charge in [-0.3, -0.25) is 15.3 Å². The van der Waals surface area contributed by atoms with E-state index in [2.05, 4.69) is 41.3 Å². The highest BCUT2D eigenvalue weighted by molar-refractivity contribution is 9.11. The minimum absolute atomic E-state index is 0. The summed E-state index contributed by atoms with van der Waals surface area (Å²) in [6.45, 7) is 0. The van der Waals surface area contributed by atoms with Gasteiger partial charge in [0.2, 0.25) is 0 Å². The molecule has 160 valence electrons. The monoisotopic (exact) mass is 544 g/mol. The van der Waals surface area contributed by atoms with Crippen molar-refractivity contribution in [1.82, 2.24) is 4.98 Å². The van der Waals surface area contributed by atoms with Gasteiger partial charge in [-0.1, -0.05) is 7.43 Å². The Morgan fingerprint density at radius 1 is 1.17 bits per heavy atom. The fraction of sp³-hybridized carbons (Fsp3) is 0.111. The van der Waals surface area contributed by atoms with Gasteiger partial charge in [0, 0.05) is 0 Å². The van der Waals surface area contributed by atoms with Gasteiger partial charge in [0.1, 0.15) is 16.4 Å². The molecule has 0 saturated heterocycles. The zero-order chi connectivity index (χ0) is 22.2. The third-order valence-electron chi connectivity index (χ3n) is 2.67. The van der Waals surface area contributed by atoms with Gasteiger partial charge in [-0.2, -0.15) is 10.5 Å². The predicted molar refractivity (Wildman–Crippen MR) is 113 cm³/mol. The lowest BCUT2D eigenvalue weighted by Crippen LogP contribution is -2.05. The number of carbonyl (C=O) groups is 1. The van der Waals surface area contributed by atoms with E-state index in [1.54, 1.807) is 36.4 Å². The molecule has 30 heavy (non-hydrogen) atoms. The van der Waals surface area contributed by atoms with Crippen LogP contribution in [0, 0.1) is 22.7 Å². The normalized spacial score (nSPS) is 9.30. The summed E-state index contributed by atoms with van der Waals surface area (Å²) in [4.78, 5) is 13.5. The van der Waals surface area contributed by atoms with Crippen LogP contribution in [0.15, 0.2) is 60.8 Å². The van der Waals surface area contributed by atoms with E-state index in [0.717, 1.165) is 0 Å². The molecule has 0 aliphatic rings. The van der Waals surface area contributed by atoms with Crippen molar-refractivity contribution in [1.29, 1.82) is 10.5 Å². The standard InChI is InChI=1S/C6H2Br2N2O.C6H6N2O.C5H4O2.CH4.H2O2/c7-3-1-5(8)10-4(2-9)6(3)11;7-4-5(8)6-2-1-3-9-6;6-4-5-2-1-3-7-5;;1-2/h1,11H;1-3,5H,8H2;1-4H;1H4;1-2H. The van der Waals surface area contributed by atoms with Crippen LogP contribution in [0.25, 0.3) is 0 Å². The van der Waals surface area contributed by atoms with Gasteiger partial charge in [0.05, 0.1) is 23.1 Å². The highest BCUT2D eigenvalue weighted by Gasteiger charge is 2.07. The van der Waals surface area contributed by atoms with Crippen molar-refractivity contribution in [3.8, 4) is 17.9 Å². The smallest absolute Gasteiger partial charge is 0.185 e. The van der Waals surface area contributed by atoms with Crippen molar-refractivity contribution in [2.24, 2.45) is 5.73 Å². The molecular weight excluding hydrogens is 528 g/mol. The van der Waals surface area contributed by atoms with Crippen molar-refractivity contribution in [2.45, 2.75) is 13.5 Å². The number of pyridine rings is 1. The molecule has 0 bridgehead atoms. The molecule has 0 spiro atoms. The van der Waals surface area contributed by atoms with Crippen molar-refractivity contribution in [3.05, 3.63) is 69.1 Å². The third-order valence-corrected chi connectivity index (χ3v) is 3.68. The van der Waals surface area contributed by atoms with Gasteiger partial charge in [-0.15, -0.1) is 0 Å². The lowest BCUT2D eigenvalue weighted by atomic mass is 10.3. The van der Waals surface area contributed by atoms with Crippen molar-refractivity contribution >= 4 is 38.1 Å². The molecule has 3 aromatic rings. The van der Waals surface area contributed by atoms with E-state index in [4.69, 9.17) is 36.3 Å². The lowest BCUT2D eigenvalue weighted by molar-refractivity contribution is -0.176. The lowest BCUT2D eigenvalue weighted by Gasteiger charge is -1.97. The Bertz CT molecular complexity index is 935. The summed E-state index contributed by atoms with van der Waals surface area (Å²) in [5.74, 6) is 0.758. The number of nitriles is 2. The number of aromatic hydroxyl groups is 1. The second-order valence-electron chi connectivity index (χ2n) is 4.49. The van der Waals surface area contributed by atoms with E-state index in [1.807, 2.05) is 6.07 Å². The molecule has 10 nitrogen and oxygen atoms in total. The molecule has 0 aliphatic carbocycles. The van der Waals surface area contributed by atoms with Crippen LogP contribution >= 0.6 is 31.9 Å². The maximum absolute atomic E-state index is 9.77. The second kappa shape index (κ2) is 16.9. The summed E-state index contributed by atoms with van der Waals surface area (Å²) in [7, 11) is 0. The quantitative estimate of drug-likeness (QED) is 0.151. The summed E-state index contributed by atoms with van der Waals surface area (Å²) < 4.78 is 10.4. The Labute approximate surface area is 189 Å². The molecule has 1 unspecified atom stereocenters. The summed E-state index contributed by atoms with van der Waals surface area (Å²) >= 11 is 6.15. The number of aldehydes is 1. The summed E-state index contributed by atoms with van der Waals surface area (Å²) in [6.07, 6.45) is 3.62. The molecule has 3 aromatic heterocycles. The van der Waals surface area contributed by atoms with E-state index in [1.165, 1.54) is 12.5 Å². The number of carbonyl (C=O) groups excluding carboxylic acids is 1. The van der Waals surface area contributed by atoms with E-state index in [0.29, 0.717) is 26.9 Å². The first-order valence-electron chi connectivity index (χ1n) is 7.25. The largest absolute Gasteiger partial charge is 0.504 e. The highest BCUT2D eigenvalue weighted by Crippen LogP contribution is 2.28. The van der Waals surface area contributed by atoms with Crippen LogP contribution in [0.3, 0.4) is 0 Å². The van der Waals surface area contributed by atoms with Gasteiger partial charge < -0.3 is 19.7 Å². The molecular formula is C18H18Br2N4O6. The molecule has 0 saturated carbocycles. The Morgan fingerprint density at radius 3 is 2.17 bits per heavy atom. The van der Waals surface area contributed by atoms with E-state index in [-0.39, 0.29) is 18.9 Å². The Kier molecular flexibility index (Phi) is 16.5. The molecule has 3 heterocycles. The Morgan fingerprint density at radius 2 is 1.77 bits per heavy atom. The molecule has 0 radical (unpaired) electrons. The van der Waals surface area contributed by atoms with E-state index >= 15 is 0 Å². The summed E-state index contributed by atoms with van der Waals surface area (Å²) in [5, 5.41) is 37.9. The maximum atomic E-state index is 9.77. The number of rotatable bonds is 2. The number of halogens is 2. The predicted octanol–water partition coefficient (Wildman–Crippen LogP) is 4.73. The van der Waals surface area contributed by atoms with E-state index < -0.39 is 6.04 Å². The first-order valence-corrected chi connectivity index (χ1v) is 8.83. The molecule has 12 heteroatoms. The number of aromatic nitrogens is 1. The Balaban J connectivity index is 0. The number of nitrogens with zero attached hydrogens (tertiary/aromatic N) is 3. The topological polar surface area (TPSA) is 191 Å². The van der Waals surface area contributed by atoms with Crippen molar-refractivity contribution in [3.63, 3.8) is 0 Å². The summed E-state index contributed by atoms with van der Waals surface area (Å²) in [5.41, 5.74) is 5.29. The minimum Gasteiger partial charge on any atom is -0.504 e. The number of nitrogens with two attached hydrogens (primary N) is 1.